The van der Waals surface area contributed by atoms with Crippen LogP contribution in [-0.4, -0.2) is 11.9 Å². The summed E-state index contributed by atoms with van der Waals surface area (Å²) in [4.78, 5) is 11.5. The Morgan fingerprint density at radius 2 is 2.13 bits per heavy atom. The summed E-state index contributed by atoms with van der Waals surface area (Å²) in [5.41, 5.74) is 8.68. The standard InChI is InChI=1S/C12H18N2O/c1-8-4-5-11(9(2)6-8)14-12(15)7-10(3)13/h4-6,10H,7,13H2,1-3H3,(H,14,15). The molecule has 1 aromatic rings. The fourth-order valence-corrected chi connectivity index (χ4v) is 1.45. The van der Waals surface area contributed by atoms with Gasteiger partial charge in [0.05, 0.1) is 0 Å². The second-order valence-corrected chi connectivity index (χ2v) is 4.05. The monoisotopic (exact) mass is 206 g/mol. The van der Waals surface area contributed by atoms with Crippen LogP contribution in [0.1, 0.15) is 24.5 Å². The summed E-state index contributed by atoms with van der Waals surface area (Å²) in [7, 11) is 0. The fourth-order valence-electron chi connectivity index (χ4n) is 1.45. The van der Waals surface area contributed by atoms with Gasteiger partial charge in [0.15, 0.2) is 0 Å². The fraction of sp³-hybridized carbons (Fsp3) is 0.417. The molecule has 0 bridgehead atoms. The number of hydrogen-bond acceptors (Lipinski definition) is 2. The molecule has 1 rings (SSSR count). The third-order valence-corrected chi connectivity index (χ3v) is 2.16. The summed E-state index contributed by atoms with van der Waals surface area (Å²) >= 11 is 0. The molecule has 3 N–H and O–H groups in total. The Bertz CT molecular complexity index is 359. The van der Waals surface area contributed by atoms with Gasteiger partial charge in [0, 0.05) is 18.2 Å². The summed E-state index contributed by atoms with van der Waals surface area (Å²) < 4.78 is 0. The topological polar surface area (TPSA) is 55.1 Å². The van der Waals surface area contributed by atoms with Gasteiger partial charge < -0.3 is 11.1 Å². The molecule has 1 aromatic carbocycles. The Balaban J connectivity index is 2.68. The van der Waals surface area contributed by atoms with Crippen molar-refractivity contribution in [2.24, 2.45) is 5.73 Å². The number of rotatable bonds is 3. The molecule has 0 spiro atoms. The first kappa shape index (κ1) is 11.7. The molecule has 0 aliphatic carbocycles. The molecule has 3 nitrogen and oxygen atoms in total. The van der Waals surface area contributed by atoms with E-state index in [0.29, 0.717) is 6.42 Å². The van der Waals surface area contributed by atoms with Crippen molar-refractivity contribution in [2.45, 2.75) is 33.2 Å². The van der Waals surface area contributed by atoms with E-state index in [-0.39, 0.29) is 11.9 Å². The summed E-state index contributed by atoms with van der Waals surface area (Å²) in [5, 5.41) is 2.85. The molecule has 0 radical (unpaired) electrons. The molecule has 0 aliphatic rings. The zero-order valence-electron chi connectivity index (χ0n) is 9.50. The largest absolute Gasteiger partial charge is 0.327 e. The van der Waals surface area contributed by atoms with E-state index in [9.17, 15) is 4.79 Å². The highest BCUT2D eigenvalue weighted by atomic mass is 16.1. The van der Waals surface area contributed by atoms with Crippen molar-refractivity contribution in [3.8, 4) is 0 Å². The first-order valence-electron chi connectivity index (χ1n) is 5.11. The lowest BCUT2D eigenvalue weighted by molar-refractivity contribution is -0.116. The van der Waals surface area contributed by atoms with Gasteiger partial charge in [-0.2, -0.15) is 0 Å². The van der Waals surface area contributed by atoms with E-state index < -0.39 is 0 Å². The van der Waals surface area contributed by atoms with Crippen molar-refractivity contribution >= 4 is 11.6 Å². The molecule has 0 aliphatic heterocycles. The number of anilines is 1. The lowest BCUT2D eigenvalue weighted by Crippen LogP contribution is -2.24. The lowest BCUT2D eigenvalue weighted by Gasteiger charge is -2.10. The molecule has 15 heavy (non-hydrogen) atoms. The van der Waals surface area contributed by atoms with Crippen molar-refractivity contribution in [3.63, 3.8) is 0 Å². The molecular formula is C12H18N2O. The number of nitrogens with one attached hydrogen (secondary N) is 1. The van der Waals surface area contributed by atoms with Gasteiger partial charge in [0.2, 0.25) is 5.91 Å². The quantitative estimate of drug-likeness (QED) is 0.794. The number of benzene rings is 1. The maximum atomic E-state index is 11.5. The smallest absolute Gasteiger partial charge is 0.225 e. The molecule has 0 aromatic heterocycles. The Hall–Kier alpha value is -1.35. The average Bonchev–Trinajstić information content (AvgIpc) is 2.08. The van der Waals surface area contributed by atoms with Crippen LogP contribution in [0.3, 0.4) is 0 Å². The van der Waals surface area contributed by atoms with E-state index in [1.807, 2.05) is 39.0 Å². The second-order valence-electron chi connectivity index (χ2n) is 4.05. The Kier molecular flexibility index (Phi) is 3.86. The minimum absolute atomic E-state index is 0.0306. The molecular weight excluding hydrogens is 188 g/mol. The van der Waals surface area contributed by atoms with E-state index in [1.165, 1.54) is 5.56 Å². The van der Waals surface area contributed by atoms with Crippen molar-refractivity contribution in [1.82, 2.24) is 0 Å². The SMILES string of the molecule is Cc1ccc(NC(=O)CC(C)N)c(C)c1. The van der Waals surface area contributed by atoms with E-state index >= 15 is 0 Å². The number of amides is 1. The van der Waals surface area contributed by atoms with Crippen LogP contribution in [0.25, 0.3) is 0 Å². The van der Waals surface area contributed by atoms with Gasteiger partial charge >= 0.3 is 0 Å². The minimum atomic E-state index is -0.101. The number of aryl methyl sites for hydroxylation is 2. The summed E-state index contributed by atoms with van der Waals surface area (Å²) in [6, 6.07) is 5.84. The van der Waals surface area contributed by atoms with Crippen LogP contribution in [0.15, 0.2) is 18.2 Å². The van der Waals surface area contributed by atoms with Gasteiger partial charge in [-0.05, 0) is 32.4 Å². The molecule has 0 heterocycles. The van der Waals surface area contributed by atoms with Gasteiger partial charge in [-0.1, -0.05) is 17.7 Å². The highest BCUT2D eigenvalue weighted by molar-refractivity contribution is 5.91. The van der Waals surface area contributed by atoms with Gasteiger partial charge in [-0.3, -0.25) is 4.79 Å². The number of carbonyl (C=O) groups excluding carboxylic acids is 1. The zero-order chi connectivity index (χ0) is 11.4. The number of carbonyl (C=O) groups is 1. The zero-order valence-corrected chi connectivity index (χ0v) is 9.50. The molecule has 1 amide bonds. The van der Waals surface area contributed by atoms with Crippen LogP contribution in [0, 0.1) is 13.8 Å². The number of hydrogen-bond donors (Lipinski definition) is 2. The van der Waals surface area contributed by atoms with E-state index in [4.69, 9.17) is 5.73 Å². The Morgan fingerprint density at radius 3 is 2.67 bits per heavy atom. The van der Waals surface area contributed by atoms with E-state index in [0.717, 1.165) is 11.3 Å². The van der Waals surface area contributed by atoms with Crippen LogP contribution < -0.4 is 11.1 Å². The summed E-state index contributed by atoms with van der Waals surface area (Å²) in [5.74, 6) is -0.0306. The average molecular weight is 206 g/mol. The van der Waals surface area contributed by atoms with Crippen molar-refractivity contribution in [3.05, 3.63) is 29.3 Å². The highest BCUT2D eigenvalue weighted by Crippen LogP contribution is 2.16. The van der Waals surface area contributed by atoms with Gasteiger partial charge in [0.1, 0.15) is 0 Å². The van der Waals surface area contributed by atoms with Crippen LogP contribution in [0.4, 0.5) is 5.69 Å². The third kappa shape index (κ3) is 3.72. The van der Waals surface area contributed by atoms with Crippen LogP contribution in [0.5, 0.6) is 0 Å². The predicted molar refractivity (Wildman–Crippen MR) is 62.8 cm³/mol. The Morgan fingerprint density at radius 1 is 1.47 bits per heavy atom. The molecule has 0 fully saturated rings. The molecule has 82 valence electrons. The maximum Gasteiger partial charge on any atom is 0.225 e. The summed E-state index contributed by atoms with van der Waals surface area (Å²) in [6.07, 6.45) is 0.354. The van der Waals surface area contributed by atoms with Gasteiger partial charge in [-0.25, -0.2) is 0 Å². The normalized spacial score (nSPS) is 12.3. The third-order valence-electron chi connectivity index (χ3n) is 2.16. The molecule has 3 heteroatoms. The molecule has 0 saturated heterocycles. The first-order chi connectivity index (χ1) is 6.99. The molecule has 0 saturated carbocycles. The van der Waals surface area contributed by atoms with Crippen molar-refractivity contribution < 1.29 is 4.79 Å². The van der Waals surface area contributed by atoms with Crippen molar-refractivity contribution in [2.75, 3.05) is 5.32 Å². The van der Waals surface area contributed by atoms with Crippen LogP contribution in [-0.2, 0) is 4.79 Å². The minimum Gasteiger partial charge on any atom is -0.327 e. The molecule has 1 atom stereocenters. The van der Waals surface area contributed by atoms with E-state index in [2.05, 4.69) is 5.32 Å². The van der Waals surface area contributed by atoms with Crippen LogP contribution in [0.2, 0.25) is 0 Å². The van der Waals surface area contributed by atoms with Crippen LogP contribution >= 0.6 is 0 Å². The van der Waals surface area contributed by atoms with Gasteiger partial charge in [0.25, 0.3) is 0 Å². The van der Waals surface area contributed by atoms with E-state index in [1.54, 1.807) is 0 Å². The predicted octanol–water partition coefficient (Wildman–Crippen LogP) is 1.98. The maximum absolute atomic E-state index is 11.5. The first-order valence-corrected chi connectivity index (χ1v) is 5.11. The van der Waals surface area contributed by atoms with Gasteiger partial charge in [-0.15, -0.1) is 0 Å². The highest BCUT2D eigenvalue weighted by Gasteiger charge is 2.06. The second kappa shape index (κ2) is 4.94. The van der Waals surface area contributed by atoms with Crippen molar-refractivity contribution in [1.29, 1.82) is 0 Å². The Labute approximate surface area is 90.7 Å². The lowest BCUT2D eigenvalue weighted by atomic mass is 10.1. The summed E-state index contributed by atoms with van der Waals surface area (Å²) in [6.45, 7) is 5.83. The number of nitrogens with two attached hydrogens (primary N) is 1. The molecule has 1 unspecified atom stereocenters.